The summed E-state index contributed by atoms with van der Waals surface area (Å²) in [5, 5.41) is 0. The maximum Gasteiger partial charge on any atom is 0.410 e. The summed E-state index contributed by atoms with van der Waals surface area (Å²) in [4.78, 5) is 28.6. The highest BCUT2D eigenvalue weighted by Gasteiger charge is 2.61. The maximum absolute atomic E-state index is 12.2. The Bertz CT molecular complexity index is 499. The molecule has 4 fully saturated rings. The fraction of sp³-hybridized carbons (Fsp3) is 0.889. The Morgan fingerprint density at radius 1 is 0.917 bits per heavy atom. The Kier molecular flexibility index (Phi) is 4.19. The summed E-state index contributed by atoms with van der Waals surface area (Å²) in [6.45, 7) is 6.71. The van der Waals surface area contributed by atoms with Crippen molar-refractivity contribution in [2.24, 2.45) is 17.8 Å². The van der Waals surface area contributed by atoms with Gasteiger partial charge in [0.05, 0.1) is 19.1 Å². The lowest BCUT2D eigenvalue weighted by atomic mass is 9.96. The number of piperidine rings is 2. The zero-order chi connectivity index (χ0) is 16.8. The van der Waals surface area contributed by atoms with Crippen LogP contribution in [-0.4, -0.2) is 66.3 Å². The number of amides is 1. The molecule has 4 aliphatic rings. The van der Waals surface area contributed by atoms with Gasteiger partial charge in [0.15, 0.2) is 0 Å². The smallest absolute Gasteiger partial charge is 0.410 e. The van der Waals surface area contributed by atoms with E-state index in [0.717, 1.165) is 38.8 Å². The van der Waals surface area contributed by atoms with Crippen LogP contribution in [0.5, 0.6) is 0 Å². The van der Waals surface area contributed by atoms with Crippen LogP contribution >= 0.6 is 0 Å². The van der Waals surface area contributed by atoms with Crippen molar-refractivity contribution in [3.63, 3.8) is 0 Å². The third kappa shape index (κ3) is 2.59. The van der Waals surface area contributed by atoms with Crippen LogP contribution in [0.4, 0.5) is 4.79 Å². The summed E-state index contributed by atoms with van der Waals surface area (Å²) >= 11 is 0. The fourth-order valence-electron chi connectivity index (χ4n) is 5.39. The van der Waals surface area contributed by atoms with Gasteiger partial charge >= 0.3 is 12.1 Å². The van der Waals surface area contributed by atoms with E-state index in [2.05, 4.69) is 4.90 Å². The van der Waals surface area contributed by atoms with Gasteiger partial charge < -0.3 is 14.4 Å². The maximum atomic E-state index is 12.2. The molecule has 4 unspecified atom stereocenters. The standard InChI is InChI=1S/C18H28N2O4/c1-3-23-17(21)16-14-9-19(10-15(14)16)13-7-11-5-6-12(8-13)20(11)18(22)24-4-2/h11-16H,3-10H2,1-2H3. The predicted molar refractivity (Wildman–Crippen MR) is 87.4 cm³/mol. The number of hydrogen-bond donors (Lipinski definition) is 0. The number of likely N-dealkylation sites (tertiary alicyclic amines) is 1. The van der Waals surface area contributed by atoms with E-state index in [4.69, 9.17) is 9.47 Å². The molecule has 1 amide bonds. The summed E-state index contributed by atoms with van der Waals surface area (Å²) in [5.74, 6) is 1.16. The Balaban J connectivity index is 1.32. The summed E-state index contributed by atoms with van der Waals surface area (Å²) in [7, 11) is 0. The van der Waals surface area contributed by atoms with Gasteiger partial charge in [-0.2, -0.15) is 0 Å². The van der Waals surface area contributed by atoms with Gasteiger partial charge in [-0.05, 0) is 51.4 Å². The van der Waals surface area contributed by atoms with Crippen molar-refractivity contribution in [2.75, 3.05) is 26.3 Å². The van der Waals surface area contributed by atoms with Gasteiger partial charge in [0.1, 0.15) is 0 Å². The Hall–Kier alpha value is -1.30. The number of ether oxygens (including phenoxy) is 2. The largest absolute Gasteiger partial charge is 0.466 e. The first-order valence-corrected chi connectivity index (χ1v) is 9.49. The molecule has 6 nitrogen and oxygen atoms in total. The number of fused-ring (bicyclic) bond motifs is 3. The van der Waals surface area contributed by atoms with Gasteiger partial charge in [-0.3, -0.25) is 9.69 Å². The average Bonchev–Trinajstić information content (AvgIpc) is 2.93. The second-order valence-electron chi connectivity index (χ2n) is 7.68. The molecule has 24 heavy (non-hydrogen) atoms. The number of rotatable bonds is 4. The minimum Gasteiger partial charge on any atom is -0.466 e. The molecule has 134 valence electrons. The van der Waals surface area contributed by atoms with Crippen molar-refractivity contribution >= 4 is 12.1 Å². The second-order valence-corrected chi connectivity index (χ2v) is 7.68. The van der Waals surface area contributed by atoms with Gasteiger partial charge in [0, 0.05) is 31.2 Å². The first-order chi connectivity index (χ1) is 11.6. The Labute approximate surface area is 143 Å². The molecule has 3 aliphatic heterocycles. The van der Waals surface area contributed by atoms with Crippen LogP contribution in [0.25, 0.3) is 0 Å². The molecular formula is C18H28N2O4. The lowest BCUT2D eigenvalue weighted by molar-refractivity contribution is -0.145. The first-order valence-electron chi connectivity index (χ1n) is 9.49. The quantitative estimate of drug-likeness (QED) is 0.734. The highest BCUT2D eigenvalue weighted by Crippen LogP contribution is 2.54. The van der Waals surface area contributed by atoms with Crippen LogP contribution in [0.15, 0.2) is 0 Å². The number of carbonyl (C=O) groups is 2. The molecule has 4 rings (SSSR count). The Morgan fingerprint density at radius 3 is 2.04 bits per heavy atom. The number of carbonyl (C=O) groups excluding carboxylic acids is 2. The van der Waals surface area contributed by atoms with Crippen molar-refractivity contribution in [2.45, 2.75) is 57.7 Å². The predicted octanol–water partition coefficient (Wildman–Crippen LogP) is 1.88. The minimum absolute atomic E-state index is 0.00403. The molecule has 2 bridgehead atoms. The number of hydrogen-bond acceptors (Lipinski definition) is 5. The molecule has 0 aromatic carbocycles. The molecule has 3 heterocycles. The molecule has 0 aromatic heterocycles. The molecule has 1 saturated carbocycles. The van der Waals surface area contributed by atoms with Crippen LogP contribution in [0.3, 0.4) is 0 Å². The molecule has 0 spiro atoms. The third-order valence-electron chi connectivity index (χ3n) is 6.48. The van der Waals surface area contributed by atoms with E-state index >= 15 is 0 Å². The summed E-state index contributed by atoms with van der Waals surface area (Å²) in [6.07, 6.45) is 4.19. The summed E-state index contributed by atoms with van der Waals surface area (Å²) in [6, 6.07) is 1.24. The fourth-order valence-corrected chi connectivity index (χ4v) is 5.39. The first kappa shape index (κ1) is 16.2. The van der Waals surface area contributed by atoms with Gasteiger partial charge in [-0.1, -0.05) is 0 Å². The molecule has 4 atom stereocenters. The van der Waals surface area contributed by atoms with Crippen molar-refractivity contribution in [1.82, 2.24) is 9.80 Å². The van der Waals surface area contributed by atoms with E-state index in [9.17, 15) is 9.59 Å². The molecule has 0 radical (unpaired) electrons. The second kappa shape index (κ2) is 6.21. The van der Waals surface area contributed by atoms with E-state index < -0.39 is 0 Å². The molecule has 0 aromatic rings. The van der Waals surface area contributed by atoms with Crippen LogP contribution in [0.1, 0.15) is 39.5 Å². The molecule has 1 aliphatic carbocycles. The summed E-state index contributed by atoms with van der Waals surface area (Å²) in [5.41, 5.74) is 0. The molecule has 0 N–H and O–H groups in total. The third-order valence-corrected chi connectivity index (χ3v) is 6.48. The highest BCUT2D eigenvalue weighted by atomic mass is 16.6. The van der Waals surface area contributed by atoms with E-state index in [0.29, 0.717) is 43.2 Å². The number of nitrogens with zero attached hydrogens (tertiary/aromatic N) is 2. The normalized spacial score (nSPS) is 40.3. The Morgan fingerprint density at radius 2 is 1.50 bits per heavy atom. The average molecular weight is 336 g/mol. The van der Waals surface area contributed by atoms with Crippen molar-refractivity contribution in [3.8, 4) is 0 Å². The molecule has 3 saturated heterocycles. The van der Waals surface area contributed by atoms with Crippen LogP contribution in [0.2, 0.25) is 0 Å². The topological polar surface area (TPSA) is 59.1 Å². The zero-order valence-corrected chi connectivity index (χ0v) is 14.6. The monoisotopic (exact) mass is 336 g/mol. The highest BCUT2D eigenvalue weighted by molar-refractivity contribution is 5.77. The van der Waals surface area contributed by atoms with Crippen LogP contribution in [-0.2, 0) is 14.3 Å². The van der Waals surface area contributed by atoms with Crippen molar-refractivity contribution in [1.29, 1.82) is 0 Å². The van der Waals surface area contributed by atoms with E-state index in [1.54, 1.807) is 0 Å². The van der Waals surface area contributed by atoms with Gasteiger partial charge in [0.2, 0.25) is 0 Å². The minimum atomic E-state index is -0.130. The van der Waals surface area contributed by atoms with Crippen molar-refractivity contribution < 1.29 is 19.1 Å². The van der Waals surface area contributed by atoms with Crippen LogP contribution < -0.4 is 0 Å². The van der Waals surface area contributed by atoms with E-state index in [1.165, 1.54) is 0 Å². The van der Waals surface area contributed by atoms with Gasteiger partial charge in [0.25, 0.3) is 0 Å². The van der Waals surface area contributed by atoms with E-state index in [-0.39, 0.29) is 18.0 Å². The lowest BCUT2D eigenvalue weighted by Gasteiger charge is -2.42. The molecule has 6 heteroatoms. The number of esters is 1. The summed E-state index contributed by atoms with van der Waals surface area (Å²) < 4.78 is 10.4. The molecular weight excluding hydrogens is 308 g/mol. The van der Waals surface area contributed by atoms with E-state index in [1.807, 2.05) is 18.7 Å². The lowest BCUT2D eigenvalue weighted by Crippen LogP contribution is -2.52. The van der Waals surface area contributed by atoms with Crippen molar-refractivity contribution in [3.05, 3.63) is 0 Å². The zero-order valence-electron chi connectivity index (χ0n) is 14.6. The SMILES string of the molecule is CCOC(=O)C1C2CN(C3CC4CCC(C3)N4C(=O)OCC)CC21. The van der Waals surface area contributed by atoms with Gasteiger partial charge in [-0.25, -0.2) is 4.79 Å². The van der Waals surface area contributed by atoms with Gasteiger partial charge in [-0.15, -0.1) is 0 Å². The van der Waals surface area contributed by atoms with Crippen LogP contribution in [0, 0.1) is 17.8 Å².